The van der Waals surface area contributed by atoms with E-state index in [0.29, 0.717) is 34.1 Å². The molecule has 0 unspecified atom stereocenters. The first-order valence-corrected chi connectivity index (χ1v) is 11.9. The molecule has 1 heterocycles. The minimum atomic E-state index is 0.301. The van der Waals surface area contributed by atoms with Crippen molar-refractivity contribution >= 4 is 5.71 Å². The van der Waals surface area contributed by atoms with Gasteiger partial charge < -0.3 is 0 Å². The predicted molar refractivity (Wildman–Crippen MR) is 124 cm³/mol. The van der Waals surface area contributed by atoms with Crippen LogP contribution < -0.4 is 0 Å². The van der Waals surface area contributed by atoms with Crippen LogP contribution in [0.4, 0.5) is 0 Å². The number of hydrogen-bond donors (Lipinski definition) is 0. The van der Waals surface area contributed by atoms with Crippen molar-refractivity contribution in [2.24, 2.45) is 33.1 Å². The van der Waals surface area contributed by atoms with Crippen LogP contribution in [0.25, 0.3) is 11.3 Å². The SMILES string of the molecule is CC1(C)[C@@H]2C[C@H]1C(=N[C@H]1C[C@H]3CC[C@]1(C)C3(C)C)c1nc(-c3ccccc3)ccc12. The largest absolute Gasteiger partial charge is 0.283 e. The summed E-state index contributed by atoms with van der Waals surface area (Å²) < 4.78 is 0. The fraction of sp³-hybridized carbons (Fsp3) is 0.571. The van der Waals surface area contributed by atoms with Gasteiger partial charge in [-0.15, -0.1) is 0 Å². The maximum absolute atomic E-state index is 5.63. The van der Waals surface area contributed by atoms with Gasteiger partial charge in [0.15, 0.2) is 0 Å². The van der Waals surface area contributed by atoms with Crippen LogP contribution in [0, 0.1) is 28.1 Å². The van der Waals surface area contributed by atoms with Crippen molar-refractivity contribution in [3.63, 3.8) is 0 Å². The van der Waals surface area contributed by atoms with E-state index in [1.165, 1.54) is 48.2 Å². The Labute approximate surface area is 181 Å². The summed E-state index contributed by atoms with van der Waals surface area (Å²) in [7, 11) is 0. The Balaban J connectivity index is 1.48. The molecule has 5 atom stereocenters. The molecule has 5 aliphatic carbocycles. The van der Waals surface area contributed by atoms with Crippen molar-refractivity contribution in [1.29, 1.82) is 0 Å². The summed E-state index contributed by atoms with van der Waals surface area (Å²) in [6.45, 7) is 12.4. The Bertz CT molecular complexity index is 1050. The summed E-state index contributed by atoms with van der Waals surface area (Å²) in [6, 6.07) is 15.6. The molecule has 2 aromatic rings. The van der Waals surface area contributed by atoms with Gasteiger partial charge in [-0.1, -0.05) is 71.0 Å². The summed E-state index contributed by atoms with van der Waals surface area (Å²) in [4.78, 5) is 10.9. The van der Waals surface area contributed by atoms with Gasteiger partial charge in [0.05, 0.1) is 23.1 Å². The number of nitrogens with zero attached hydrogens (tertiary/aromatic N) is 2. The van der Waals surface area contributed by atoms with Crippen LogP contribution in [0.2, 0.25) is 0 Å². The molecule has 4 bridgehead atoms. The van der Waals surface area contributed by atoms with Crippen molar-refractivity contribution < 1.29 is 0 Å². The zero-order valence-corrected chi connectivity index (χ0v) is 19.1. The predicted octanol–water partition coefficient (Wildman–Crippen LogP) is 6.90. The third-order valence-electron chi connectivity index (χ3n) is 10.3. The summed E-state index contributed by atoms with van der Waals surface area (Å²) in [6.07, 6.45) is 5.22. The van der Waals surface area contributed by atoms with Crippen molar-refractivity contribution in [1.82, 2.24) is 4.98 Å². The summed E-state index contributed by atoms with van der Waals surface area (Å²) in [5.41, 5.74) is 7.28. The topological polar surface area (TPSA) is 25.2 Å². The average Bonchev–Trinajstić information content (AvgIpc) is 3.07. The zero-order chi connectivity index (χ0) is 20.9. The normalized spacial score (nSPS) is 38.4. The third kappa shape index (κ3) is 2.21. The standard InChI is InChI=1S/C28H34N2/c1-26(2)20-16-21(26)25(30-23-15-18-13-14-28(23,5)27(18,3)4)24-19(20)11-12-22(29-24)17-9-7-6-8-10-17/h6-12,18,20-21,23H,13-16H2,1-5H3/t18-,20-,21+,23+,28+/m1/s1. The van der Waals surface area contributed by atoms with Crippen LogP contribution in [0.3, 0.4) is 0 Å². The first-order chi connectivity index (χ1) is 14.2. The molecule has 156 valence electrons. The Kier molecular flexibility index (Phi) is 3.65. The summed E-state index contributed by atoms with van der Waals surface area (Å²) in [5.74, 6) is 2.01. The second-order valence-electron chi connectivity index (χ2n) is 11.8. The van der Waals surface area contributed by atoms with E-state index in [-0.39, 0.29) is 0 Å². The number of hydrogen-bond acceptors (Lipinski definition) is 2. The maximum Gasteiger partial charge on any atom is 0.0885 e. The molecule has 7 rings (SSSR count). The highest BCUT2D eigenvalue weighted by Crippen LogP contribution is 2.67. The lowest BCUT2D eigenvalue weighted by Gasteiger charge is -2.57. The number of aromatic nitrogens is 1. The van der Waals surface area contributed by atoms with Crippen LogP contribution in [0.5, 0.6) is 0 Å². The molecule has 0 saturated heterocycles. The van der Waals surface area contributed by atoms with Gasteiger partial charge in [0.25, 0.3) is 0 Å². The van der Waals surface area contributed by atoms with E-state index >= 15 is 0 Å². The first-order valence-electron chi connectivity index (χ1n) is 11.9. The number of benzene rings is 1. The van der Waals surface area contributed by atoms with Gasteiger partial charge >= 0.3 is 0 Å². The van der Waals surface area contributed by atoms with E-state index < -0.39 is 0 Å². The van der Waals surface area contributed by atoms with Crippen molar-refractivity contribution in [2.75, 3.05) is 0 Å². The van der Waals surface area contributed by atoms with Gasteiger partial charge in [0.1, 0.15) is 0 Å². The van der Waals surface area contributed by atoms with Gasteiger partial charge in [-0.3, -0.25) is 4.99 Å². The van der Waals surface area contributed by atoms with Gasteiger partial charge in [-0.2, -0.15) is 0 Å². The Morgan fingerprint density at radius 1 is 0.900 bits per heavy atom. The van der Waals surface area contributed by atoms with Crippen LogP contribution in [-0.4, -0.2) is 16.7 Å². The molecule has 2 nitrogen and oxygen atoms in total. The van der Waals surface area contributed by atoms with Gasteiger partial charge in [-0.25, -0.2) is 4.98 Å². The van der Waals surface area contributed by atoms with Crippen LogP contribution in [0.15, 0.2) is 47.5 Å². The highest BCUT2D eigenvalue weighted by molar-refractivity contribution is 6.06. The number of rotatable bonds is 2. The molecule has 0 radical (unpaired) electrons. The van der Waals surface area contributed by atoms with Crippen molar-refractivity contribution in [2.45, 2.75) is 72.3 Å². The van der Waals surface area contributed by atoms with Crippen molar-refractivity contribution in [3.8, 4) is 11.3 Å². The lowest BCUT2D eigenvalue weighted by Crippen LogP contribution is -2.53. The molecule has 0 spiro atoms. The summed E-state index contributed by atoms with van der Waals surface area (Å²) in [5, 5.41) is 0. The van der Waals surface area contributed by atoms with Crippen LogP contribution >= 0.6 is 0 Å². The monoisotopic (exact) mass is 398 g/mol. The maximum atomic E-state index is 5.63. The van der Waals surface area contributed by atoms with Gasteiger partial charge in [-0.05, 0) is 65.4 Å². The second-order valence-corrected chi connectivity index (χ2v) is 11.8. The summed E-state index contributed by atoms with van der Waals surface area (Å²) >= 11 is 0. The molecule has 3 saturated carbocycles. The van der Waals surface area contributed by atoms with E-state index in [9.17, 15) is 0 Å². The average molecular weight is 399 g/mol. The third-order valence-corrected chi connectivity index (χ3v) is 10.3. The second kappa shape index (κ2) is 5.84. The lowest BCUT2D eigenvalue weighted by molar-refractivity contribution is 0.0754. The molecule has 1 aromatic heterocycles. The smallest absolute Gasteiger partial charge is 0.0885 e. The minimum Gasteiger partial charge on any atom is -0.283 e. The molecular formula is C28H34N2. The highest BCUT2D eigenvalue weighted by Gasteiger charge is 2.62. The quantitative estimate of drug-likeness (QED) is 0.540. The van der Waals surface area contributed by atoms with E-state index in [2.05, 4.69) is 77.1 Å². The molecule has 0 N–H and O–H groups in total. The molecule has 5 aliphatic rings. The minimum absolute atomic E-state index is 0.301. The van der Waals surface area contributed by atoms with E-state index in [1.807, 2.05) is 0 Å². The Morgan fingerprint density at radius 3 is 2.30 bits per heavy atom. The Morgan fingerprint density at radius 2 is 1.67 bits per heavy atom. The van der Waals surface area contributed by atoms with Crippen LogP contribution in [0.1, 0.15) is 77.5 Å². The molecule has 30 heavy (non-hydrogen) atoms. The molecule has 3 fully saturated rings. The highest BCUT2D eigenvalue weighted by atomic mass is 14.9. The molecule has 0 amide bonds. The fourth-order valence-electron chi connectivity index (χ4n) is 7.48. The van der Waals surface area contributed by atoms with Gasteiger partial charge in [0.2, 0.25) is 0 Å². The number of fused-ring (bicyclic) bond motifs is 2. The van der Waals surface area contributed by atoms with Crippen molar-refractivity contribution in [3.05, 3.63) is 53.7 Å². The molecular weight excluding hydrogens is 364 g/mol. The van der Waals surface area contributed by atoms with Crippen LogP contribution in [-0.2, 0) is 0 Å². The van der Waals surface area contributed by atoms with E-state index in [0.717, 1.165) is 11.6 Å². The zero-order valence-electron chi connectivity index (χ0n) is 19.1. The number of pyridine rings is 1. The number of aliphatic imine (C=N–C) groups is 1. The fourth-order valence-corrected chi connectivity index (χ4v) is 7.48. The molecule has 1 aromatic carbocycles. The molecule has 0 aliphatic heterocycles. The molecule has 2 heteroatoms. The van der Waals surface area contributed by atoms with Gasteiger partial charge in [0, 0.05) is 11.5 Å². The first kappa shape index (κ1) is 18.8. The van der Waals surface area contributed by atoms with E-state index in [1.54, 1.807) is 0 Å². The Hall–Kier alpha value is -1.96. The van der Waals surface area contributed by atoms with E-state index in [4.69, 9.17) is 9.98 Å². The lowest BCUT2D eigenvalue weighted by atomic mass is 9.47.